The van der Waals surface area contributed by atoms with E-state index < -0.39 is 12.0 Å². The van der Waals surface area contributed by atoms with Gasteiger partial charge in [-0.3, -0.25) is 14.5 Å². The van der Waals surface area contributed by atoms with Crippen molar-refractivity contribution in [2.75, 3.05) is 45.9 Å². The van der Waals surface area contributed by atoms with Crippen LogP contribution in [0.2, 0.25) is 0 Å². The number of fused-ring (bicyclic) bond motifs is 1. The smallest absolute Gasteiger partial charge is 0.257 e. The summed E-state index contributed by atoms with van der Waals surface area (Å²) in [5, 5.41) is 10.1. The molecule has 2 amide bonds. The Bertz CT molecular complexity index is 636. The Morgan fingerprint density at radius 2 is 2.00 bits per heavy atom. The first-order valence-electron chi connectivity index (χ1n) is 7.91. The Kier molecular flexibility index (Phi) is 4.86. The van der Waals surface area contributed by atoms with E-state index in [1.54, 1.807) is 28.0 Å². The van der Waals surface area contributed by atoms with Crippen molar-refractivity contribution in [2.24, 2.45) is 5.73 Å². The molecule has 0 bridgehead atoms. The minimum Gasteiger partial charge on any atom is -0.486 e. The Labute approximate surface area is 139 Å². The van der Waals surface area contributed by atoms with Gasteiger partial charge in [-0.25, -0.2) is 0 Å². The molecule has 0 spiro atoms. The van der Waals surface area contributed by atoms with Crippen molar-refractivity contribution >= 4 is 11.8 Å². The number of hydrogen-bond donors (Lipinski definition) is 2. The maximum absolute atomic E-state index is 12.9. The number of amides is 2. The van der Waals surface area contributed by atoms with Crippen LogP contribution >= 0.6 is 0 Å². The van der Waals surface area contributed by atoms with Crippen molar-refractivity contribution in [1.29, 1.82) is 0 Å². The molecule has 24 heavy (non-hydrogen) atoms. The van der Waals surface area contributed by atoms with E-state index in [0.717, 1.165) is 0 Å². The Morgan fingerprint density at radius 1 is 1.21 bits per heavy atom. The predicted octanol–water partition coefficient (Wildman–Crippen LogP) is -0.938. The number of primary amides is 1. The third-order valence-electron chi connectivity index (χ3n) is 4.05. The van der Waals surface area contributed by atoms with Crippen molar-refractivity contribution < 1.29 is 24.2 Å². The zero-order valence-corrected chi connectivity index (χ0v) is 13.3. The molecule has 3 N–H and O–H groups in total. The molecule has 2 aliphatic rings. The van der Waals surface area contributed by atoms with E-state index in [1.807, 2.05) is 0 Å². The summed E-state index contributed by atoms with van der Waals surface area (Å²) in [6.07, 6.45) is -0.743. The lowest BCUT2D eigenvalue weighted by Gasteiger charge is -2.25. The summed E-state index contributed by atoms with van der Waals surface area (Å²) in [7, 11) is 0. The van der Waals surface area contributed by atoms with Crippen molar-refractivity contribution in [3.05, 3.63) is 23.8 Å². The fourth-order valence-corrected chi connectivity index (χ4v) is 3.02. The van der Waals surface area contributed by atoms with Gasteiger partial charge in [0.2, 0.25) is 5.91 Å². The van der Waals surface area contributed by atoms with Crippen molar-refractivity contribution in [3.63, 3.8) is 0 Å². The maximum atomic E-state index is 12.9. The number of carbonyl (C=O) groups excluding carboxylic acids is 2. The van der Waals surface area contributed by atoms with Gasteiger partial charge in [-0.2, -0.15) is 0 Å². The maximum Gasteiger partial charge on any atom is 0.257 e. The molecular weight excluding hydrogens is 314 g/mol. The van der Waals surface area contributed by atoms with Gasteiger partial charge in [-0.1, -0.05) is 6.07 Å². The van der Waals surface area contributed by atoms with E-state index in [9.17, 15) is 14.7 Å². The second-order valence-electron chi connectivity index (χ2n) is 5.94. The van der Waals surface area contributed by atoms with Crippen LogP contribution in [0.15, 0.2) is 18.2 Å². The van der Waals surface area contributed by atoms with E-state index >= 15 is 0 Å². The first-order valence-corrected chi connectivity index (χ1v) is 7.91. The normalized spacial score (nSPS) is 21.2. The van der Waals surface area contributed by atoms with E-state index in [2.05, 4.69) is 0 Å². The molecule has 1 aromatic rings. The third kappa shape index (κ3) is 3.60. The molecule has 0 radical (unpaired) electrons. The van der Waals surface area contributed by atoms with Crippen LogP contribution in [0.5, 0.6) is 11.5 Å². The molecular formula is C16H21N3O5. The van der Waals surface area contributed by atoms with Crippen LogP contribution in [0.25, 0.3) is 0 Å². The molecule has 0 saturated carbocycles. The lowest BCUT2D eigenvalue weighted by molar-refractivity contribution is -0.119. The number of rotatable bonds is 3. The molecule has 1 unspecified atom stereocenters. The number of para-hydroxylation sites is 1. The lowest BCUT2D eigenvalue weighted by atomic mass is 10.1. The SMILES string of the molecule is NC(=O)CN1CCN(C(=O)c2cccc3c2OCCO3)CC(O)C1. The Balaban J connectivity index is 1.76. The monoisotopic (exact) mass is 335 g/mol. The van der Waals surface area contributed by atoms with Gasteiger partial charge in [0, 0.05) is 26.2 Å². The first kappa shape index (κ1) is 16.5. The number of aliphatic hydroxyl groups excluding tert-OH is 1. The quantitative estimate of drug-likeness (QED) is 0.739. The number of nitrogens with two attached hydrogens (primary N) is 1. The highest BCUT2D eigenvalue weighted by Crippen LogP contribution is 2.34. The van der Waals surface area contributed by atoms with E-state index in [1.165, 1.54) is 0 Å². The fraction of sp³-hybridized carbons (Fsp3) is 0.500. The number of β-amino-alcohol motifs (C(OH)–C–C–N with tert-alkyl or cyclic N) is 1. The van der Waals surface area contributed by atoms with Crippen LogP contribution in [0.1, 0.15) is 10.4 Å². The summed E-state index contributed by atoms with van der Waals surface area (Å²) in [4.78, 5) is 27.3. The minimum absolute atomic E-state index is 0.0662. The van der Waals surface area contributed by atoms with Gasteiger partial charge in [-0.05, 0) is 12.1 Å². The molecule has 2 aliphatic heterocycles. The average molecular weight is 335 g/mol. The lowest BCUT2D eigenvalue weighted by Crippen LogP contribution is -2.38. The summed E-state index contributed by atoms with van der Waals surface area (Å²) in [6.45, 7) is 2.28. The van der Waals surface area contributed by atoms with Gasteiger partial charge in [0.25, 0.3) is 5.91 Å². The Hall–Kier alpha value is -2.32. The average Bonchev–Trinajstić information content (AvgIpc) is 2.74. The van der Waals surface area contributed by atoms with E-state index in [-0.39, 0.29) is 19.0 Å². The summed E-state index contributed by atoms with van der Waals surface area (Å²) in [5.74, 6) is 0.321. The molecule has 130 valence electrons. The predicted molar refractivity (Wildman–Crippen MR) is 85.0 cm³/mol. The molecule has 1 fully saturated rings. The van der Waals surface area contributed by atoms with Gasteiger partial charge in [-0.15, -0.1) is 0 Å². The van der Waals surface area contributed by atoms with Gasteiger partial charge in [0.05, 0.1) is 18.2 Å². The number of ether oxygens (including phenoxy) is 2. The van der Waals surface area contributed by atoms with Crippen LogP contribution in [-0.4, -0.2) is 78.8 Å². The molecule has 1 atom stereocenters. The van der Waals surface area contributed by atoms with Crippen molar-refractivity contribution in [2.45, 2.75) is 6.10 Å². The standard InChI is InChI=1S/C16H21N3O5/c17-14(21)10-18-4-5-19(9-11(20)8-18)16(22)12-2-1-3-13-15(12)24-7-6-23-13/h1-3,11,20H,4-10H2,(H2,17,21). The van der Waals surface area contributed by atoms with Crippen LogP contribution in [0, 0.1) is 0 Å². The summed E-state index contributed by atoms with van der Waals surface area (Å²) < 4.78 is 11.1. The van der Waals surface area contributed by atoms with Gasteiger partial charge in [0.1, 0.15) is 13.2 Å². The highest BCUT2D eigenvalue weighted by molar-refractivity contribution is 5.98. The zero-order valence-electron chi connectivity index (χ0n) is 13.3. The Morgan fingerprint density at radius 3 is 2.79 bits per heavy atom. The summed E-state index contributed by atoms with van der Waals surface area (Å²) in [5.41, 5.74) is 5.63. The number of benzene rings is 1. The molecule has 3 rings (SSSR count). The van der Waals surface area contributed by atoms with Crippen molar-refractivity contribution in [3.8, 4) is 11.5 Å². The third-order valence-corrected chi connectivity index (χ3v) is 4.05. The summed E-state index contributed by atoms with van der Waals surface area (Å²) >= 11 is 0. The molecule has 1 aromatic carbocycles. The molecule has 1 saturated heterocycles. The fourth-order valence-electron chi connectivity index (χ4n) is 3.02. The number of aliphatic hydroxyl groups is 1. The van der Waals surface area contributed by atoms with E-state index in [4.69, 9.17) is 15.2 Å². The van der Waals surface area contributed by atoms with Crippen LogP contribution in [0.4, 0.5) is 0 Å². The topological polar surface area (TPSA) is 105 Å². The van der Waals surface area contributed by atoms with Crippen LogP contribution in [0.3, 0.4) is 0 Å². The molecule has 8 heteroatoms. The zero-order chi connectivity index (χ0) is 17.1. The minimum atomic E-state index is -0.743. The number of carbonyl (C=O) groups is 2. The van der Waals surface area contributed by atoms with E-state index in [0.29, 0.717) is 49.9 Å². The highest BCUT2D eigenvalue weighted by Gasteiger charge is 2.29. The molecule has 2 heterocycles. The van der Waals surface area contributed by atoms with Crippen molar-refractivity contribution in [1.82, 2.24) is 9.80 Å². The second kappa shape index (κ2) is 7.06. The number of nitrogens with zero attached hydrogens (tertiary/aromatic N) is 2. The van der Waals surface area contributed by atoms with Gasteiger partial charge >= 0.3 is 0 Å². The number of hydrogen-bond acceptors (Lipinski definition) is 6. The van der Waals surface area contributed by atoms with Gasteiger partial charge < -0.3 is 25.2 Å². The van der Waals surface area contributed by atoms with Gasteiger partial charge in [0.15, 0.2) is 11.5 Å². The largest absolute Gasteiger partial charge is 0.486 e. The molecule has 0 aromatic heterocycles. The summed E-state index contributed by atoms with van der Waals surface area (Å²) in [6, 6.07) is 5.19. The molecule has 0 aliphatic carbocycles. The first-order chi connectivity index (χ1) is 11.5. The van der Waals surface area contributed by atoms with Crippen LogP contribution < -0.4 is 15.2 Å². The second-order valence-corrected chi connectivity index (χ2v) is 5.94. The van der Waals surface area contributed by atoms with Crippen LogP contribution in [-0.2, 0) is 4.79 Å². The highest BCUT2D eigenvalue weighted by atomic mass is 16.6. The molecule has 8 nitrogen and oxygen atoms in total.